The number of amides is 1. The molecule has 0 aliphatic rings. The Labute approximate surface area is 151 Å². The van der Waals surface area contributed by atoms with E-state index < -0.39 is 17.6 Å². The van der Waals surface area contributed by atoms with E-state index in [4.69, 9.17) is 4.42 Å². The van der Waals surface area contributed by atoms with E-state index in [1.54, 1.807) is 0 Å². The van der Waals surface area contributed by atoms with Crippen molar-refractivity contribution in [1.82, 2.24) is 15.3 Å². The normalized spacial score (nSPS) is 11.4. The molecule has 27 heavy (non-hydrogen) atoms. The number of pyridine rings is 1. The van der Waals surface area contributed by atoms with Crippen LogP contribution < -0.4 is 5.32 Å². The molecule has 5 nitrogen and oxygen atoms in total. The van der Waals surface area contributed by atoms with E-state index in [1.165, 1.54) is 30.5 Å². The Morgan fingerprint density at radius 3 is 2.59 bits per heavy atom. The van der Waals surface area contributed by atoms with E-state index in [0.717, 1.165) is 12.3 Å². The van der Waals surface area contributed by atoms with Crippen molar-refractivity contribution in [2.75, 3.05) is 6.54 Å². The summed E-state index contributed by atoms with van der Waals surface area (Å²) in [6.07, 6.45) is -1.91. The van der Waals surface area contributed by atoms with Gasteiger partial charge in [0.25, 0.3) is 5.91 Å². The Kier molecular flexibility index (Phi) is 5.20. The quantitative estimate of drug-likeness (QED) is 0.684. The van der Waals surface area contributed by atoms with Crippen LogP contribution in [0.2, 0.25) is 0 Å². The van der Waals surface area contributed by atoms with E-state index >= 15 is 0 Å². The van der Waals surface area contributed by atoms with Gasteiger partial charge in [-0.05, 0) is 36.4 Å². The summed E-state index contributed by atoms with van der Waals surface area (Å²) in [6.45, 7) is 0.131. The Balaban J connectivity index is 1.57. The molecule has 0 radical (unpaired) electrons. The van der Waals surface area contributed by atoms with E-state index in [1.807, 2.05) is 0 Å². The number of carbonyl (C=O) groups is 1. The second-order valence-electron chi connectivity index (χ2n) is 5.58. The lowest BCUT2D eigenvalue weighted by molar-refractivity contribution is -0.137. The molecule has 0 saturated carbocycles. The third kappa shape index (κ3) is 4.69. The van der Waals surface area contributed by atoms with Crippen LogP contribution in [0.25, 0.3) is 11.5 Å². The van der Waals surface area contributed by atoms with Crippen LogP contribution in [0.3, 0.4) is 0 Å². The summed E-state index contributed by atoms with van der Waals surface area (Å²) in [5.74, 6) is -0.796. The first-order valence-electron chi connectivity index (χ1n) is 7.85. The van der Waals surface area contributed by atoms with E-state index in [-0.39, 0.29) is 18.1 Å². The number of aromatic nitrogens is 2. The van der Waals surface area contributed by atoms with Crippen molar-refractivity contribution in [2.24, 2.45) is 0 Å². The summed E-state index contributed by atoms with van der Waals surface area (Å²) in [5.41, 5.74) is -0.133. The summed E-state index contributed by atoms with van der Waals surface area (Å²) >= 11 is 0. The fraction of sp³-hybridized carbons (Fsp3) is 0.167. The van der Waals surface area contributed by atoms with Crippen molar-refractivity contribution in [2.45, 2.75) is 12.6 Å². The summed E-state index contributed by atoms with van der Waals surface area (Å²) in [4.78, 5) is 19.8. The minimum Gasteiger partial charge on any atom is -0.444 e. The first-order chi connectivity index (χ1) is 12.8. The van der Waals surface area contributed by atoms with E-state index in [2.05, 4.69) is 15.3 Å². The maximum atomic E-state index is 12.9. The maximum absolute atomic E-state index is 12.9. The molecule has 2 heterocycles. The average molecular weight is 379 g/mol. The number of hydrogen-bond donors (Lipinski definition) is 1. The number of halogens is 4. The van der Waals surface area contributed by atoms with Crippen LogP contribution >= 0.6 is 0 Å². The molecular formula is C18H13F4N3O2. The highest BCUT2D eigenvalue weighted by molar-refractivity contribution is 5.92. The number of benzene rings is 1. The smallest absolute Gasteiger partial charge is 0.416 e. The molecule has 1 amide bonds. The van der Waals surface area contributed by atoms with Gasteiger partial charge in [-0.2, -0.15) is 13.2 Å². The molecule has 0 saturated heterocycles. The fourth-order valence-electron chi connectivity index (χ4n) is 2.27. The van der Waals surface area contributed by atoms with Crippen LogP contribution in [0, 0.1) is 5.82 Å². The highest BCUT2D eigenvalue weighted by Crippen LogP contribution is 2.29. The molecule has 3 aromatic rings. The highest BCUT2D eigenvalue weighted by Gasteiger charge is 2.31. The minimum atomic E-state index is -4.55. The van der Waals surface area contributed by atoms with Gasteiger partial charge in [-0.1, -0.05) is 0 Å². The second kappa shape index (κ2) is 7.56. The maximum Gasteiger partial charge on any atom is 0.416 e. The molecule has 0 atom stereocenters. The number of alkyl halides is 3. The predicted molar refractivity (Wildman–Crippen MR) is 87.2 cm³/mol. The van der Waals surface area contributed by atoms with Gasteiger partial charge in [-0.25, -0.2) is 9.37 Å². The molecule has 2 aromatic heterocycles. The average Bonchev–Trinajstić information content (AvgIpc) is 3.10. The van der Waals surface area contributed by atoms with Crippen LogP contribution in [0.4, 0.5) is 17.6 Å². The molecular weight excluding hydrogens is 366 g/mol. The Morgan fingerprint density at radius 1 is 1.15 bits per heavy atom. The lowest BCUT2D eigenvalue weighted by Gasteiger charge is -2.08. The standard InChI is InChI=1S/C18H13F4N3O2/c19-13-3-1-11(2-4-13)17-25-14(10-27-17)6-8-24-16(26)15-9-12(5-7-23-15)18(20,21)22/h1-5,7,9-10H,6,8H2,(H,24,26). The number of nitrogens with zero attached hydrogens (tertiary/aromatic N) is 2. The van der Waals surface area contributed by atoms with Gasteiger partial charge < -0.3 is 9.73 Å². The molecule has 0 unspecified atom stereocenters. The Morgan fingerprint density at radius 2 is 1.89 bits per heavy atom. The number of oxazole rings is 1. The van der Waals surface area contributed by atoms with Crippen LogP contribution in [0.1, 0.15) is 21.7 Å². The third-order valence-corrected chi connectivity index (χ3v) is 3.63. The van der Waals surface area contributed by atoms with Gasteiger partial charge in [-0.15, -0.1) is 0 Å². The number of rotatable bonds is 5. The van der Waals surface area contributed by atoms with Gasteiger partial charge in [0.15, 0.2) is 0 Å². The second-order valence-corrected chi connectivity index (χ2v) is 5.58. The molecule has 1 aromatic carbocycles. The Hall–Kier alpha value is -3.23. The molecule has 0 spiro atoms. The van der Waals surface area contributed by atoms with Gasteiger partial charge >= 0.3 is 6.18 Å². The van der Waals surface area contributed by atoms with Gasteiger partial charge in [-0.3, -0.25) is 9.78 Å². The van der Waals surface area contributed by atoms with Crippen molar-refractivity contribution >= 4 is 5.91 Å². The Bertz CT molecular complexity index is 936. The van der Waals surface area contributed by atoms with E-state index in [0.29, 0.717) is 29.6 Å². The van der Waals surface area contributed by atoms with Gasteiger partial charge in [0.2, 0.25) is 5.89 Å². The largest absolute Gasteiger partial charge is 0.444 e. The minimum absolute atomic E-state index is 0.131. The number of carbonyl (C=O) groups excluding carboxylic acids is 1. The third-order valence-electron chi connectivity index (χ3n) is 3.63. The SMILES string of the molecule is O=C(NCCc1coc(-c2ccc(F)cc2)n1)c1cc(C(F)(F)F)ccn1. The van der Waals surface area contributed by atoms with Crippen molar-refractivity contribution in [3.05, 3.63) is 71.6 Å². The zero-order valence-corrected chi connectivity index (χ0v) is 13.8. The summed E-state index contributed by atoms with van der Waals surface area (Å²) < 4.78 is 56.2. The van der Waals surface area contributed by atoms with Gasteiger partial charge in [0.1, 0.15) is 17.8 Å². The van der Waals surface area contributed by atoms with Crippen molar-refractivity contribution < 1.29 is 26.8 Å². The van der Waals surface area contributed by atoms with Crippen LogP contribution in [-0.2, 0) is 12.6 Å². The van der Waals surface area contributed by atoms with Crippen molar-refractivity contribution in [3.63, 3.8) is 0 Å². The molecule has 9 heteroatoms. The summed E-state index contributed by atoms with van der Waals surface area (Å²) in [7, 11) is 0. The summed E-state index contributed by atoms with van der Waals surface area (Å²) in [5, 5.41) is 2.48. The topological polar surface area (TPSA) is 68.0 Å². The lowest BCUT2D eigenvalue weighted by Crippen LogP contribution is -2.27. The molecule has 0 aliphatic carbocycles. The lowest BCUT2D eigenvalue weighted by atomic mass is 10.2. The van der Waals surface area contributed by atoms with Crippen LogP contribution in [0.5, 0.6) is 0 Å². The van der Waals surface area contributed by atoms with Gasteiger partial charge in [0, 0.05) is 24.7 Å². The van der Waals surface area contributed by atoms with Gasteiger partial charge in [0.05, 0.1) is 11.3 Å². The van der Waals surface area contributed by atoms with Crippen molar-refractivity contribution in [3.8, 4) is 11.5 Å². The monoisotopic (exact) mass is 379 g/mol. The zero-order chi connectivity index (χ0) is 19.4. The van der Waals surface area contributed by atoms with Crippen LogP contribution in [0.15, 0.2) is 53.3 Å². The summed E-state index contributed by atoms with van der Waals surface area (Å²) in [6, 6.07) is 7.09. The molecule has 3 rings (SSSR count). The molecule has 0 aliphatic heterocycles. The predicted octanol–water partition coefficient (Wildman–Crippen LogP) is 3.87. The molecule has 0 bridgehead atoms. The van der Waals surface area contributed by atoms with Crippen LogP contribution in [-0.4, -0.2) is 22.4 Å². The highest BCUT2D eigenvalue weighted by atomic mass is 19.4. The molecule has 140 valence electrons. The first kappa shape index (κ1) is 18.6. The number of nitrogens with one attached hydrogen (secondary N) is 1. The first-order valence-corrected chi connectivity index (χ1v) is 7.85. The fourth-order valence-corrected chi connectivity index (χ4v) is 2.27. The van der Waals surface area contributed by atoms with Crippen molar-refractivity contribution in [1.29, 1.82) is 0 Å². The zero-order valence-electron chi connectivity index (χ0n) is 13.8. The number of hydrogen-bond acceptors (Lipinski definition) is 4. The molecule has 1 N–H and O–H groups in total. The molecule has 0 fully saturated rings. The van der Waals surface area contributed by atoms with E-state index in [9.17, 15) is 22.4 Å².